The molecule has 104 heavy (non-hydrogen) atoms. The first-order chi connectivity index (χ1) is 49.0. The molecule has 0 fully saturated rings. The number of rotatable bonds is 11. The number of nitrogen functional groups attached to an aromatic ring is 6. The molecular weight excluding hydrogens is 1420 g/mol. The van der Waals surface area contributed by atoms with E-state index in [2.05, 4.69) is 56.4 Å². The Bertz CT molecular complexity index is 4500. The number of nitrogens with two attached hydrogens (primary N) is 11. The van der Waals surface area contributed by atoms with Gasteiger partial charge in [-0.2, -0.15) is 11.0 Å². The molecule has 0 amide bonds. The van der Waals surface area contributed by atoms with E-state index < -0.39 is 10.7 Å². The number of nitro groups is 1. The summed E-state index contributed by atoms with van der Waals surface area (Å²) >= 11 is 4.13. The summed E-state index contributed by atoms with van der Waals surface area (Å²) in [4.78, 5) is 23.5. The number of benzene rings is 9. The second-order valence-corrected chi connectivity index (χ2v) is 23.8. The van der Waals surface area contributed by atoms with E-state index in [1.165, 1.54) is 37.4 Å². The third kappa shape index (κ3) is 31.0. The molecule has 1 heterocycles. The third-order valence-electron chi connectivity index (χ3n) is 13.7. The minimum absolute atomic E-state index is 0.0214. The quantitative estimate of drug-likeness (QED) is 0.00658. The Balaban J connectivity index is 0.000000398. The number of nitrogens with zero attached hydrogens (tertiary/aromatic N) is 5. The second-order valence-electron chi connectivity index (χ2n) is 22.2. The Morgan fingerprint density at radius 2 is 1.05 bits per heavy atom. The highest BCUT2D eigenvalue weighted by molar-refractivity contribution is 9.10. The molecule has 28 N–H and O–H groups in total. The lowest BCUT2D eigenvalue weighted by Gasteiger charge is -2.03. The zero-order valence-corrected chi connectivity index (χ0v) is 61.2. The number of phenolic OH excluding ortho intramolecular Hbond substituents is 2. The molecule has 0 aliphatic carbocycles. The molecule has 1 aromatic heterocycles. The van der Waals surface area contributed by atoms with Gasteiger partial charge in [-0.05, 0) is 221 Å². The number of amidine groups is 6. The number of aryl methyl sites for hydroxylation is 9. The van der Waals surface area contributed by atoms with E-state index in [1.54, 1.807) is 81.6 Å². The molecule has 10 rings (SSSR count). The van der Waals surface area contributed by atoms with Crippen LogP contribution in [0.15, 0.2) is 207 Å². The minimum atomic E-state index is -0.442. The van der Waals surface area contributed by atoms with Crippen molar-refractivity contribution >= 4 is 96.6 Å². The molecule has 0 aliphatic rings. The molecule has 27 nitrogen and oxygen atoms in total. The molecule has 9 aromatic carbocycles. The van der Waals surface area contributed by atoms with E-state index >= 15 is 0 Å². The number of nitrogens with one attached hydrogen (secondary N) is 3. The first-order valence-electron chi connectivity index (χ1n) is 30.5. The average Bonchev–Trinajstić information content (AvgIpc) is 0.811. The highest BCUT2D eigenvalue weighted by atomic mass is 79.9. The fourth-order valence-corrected chi connectivity index (χ4v) is 9.48. The fraction of sp³-hybridized carbons (Fsp3) is 0.137. The van der Waals surface area contributed by atoms with Gasteiger partial charge in [-0.1, -0.05) is 93.2 Å². The lowest BCUT2D eigenvalue weighted by molar-refractivity contribution is -0.386. The van der Waals surface area contributed by atoms with Crippen molar-refractivity contribution in [2.24, 2.45) is 61.6 Å². The summed E-state index contributed by atoms with van der Waals surface area (Å²) in [6.07, 6.45) is 1.63. The summed E-state index contributed by atoms with van der Waals surface area (Å²) in [6.45, 7) is 16.6. The number of phenols is 2. The molecule has 0 aliphatic heterocycles. The van der Waals surface area contributed by atoms with E-state index in [0.717, 1.165) is 89.0 Å². The Morgan fingerprint density at radius 1 is 0.548 bits per heavy atom. The number of fused-ring (bicyclic) bond motifs is 1. The van der Waals surface area contributed by atoms with Gasteiger partial charge < -0.3 is 77.7 Å². The molecule has 550 valence electrons. The van der Waals surface area contributed by atoms with Gasteiger partial charge in [-0.15, -0.1) is 9.32 Å². The maximum Gasteiger partial charge on any atom is 0.286 e. The fourth-order valence-electron chi connectivity index (χ4n) is 8.33. The Morgan fingerprint density at radius 3 is 1.50 bits per heavy atom. The van der Waals surface area contributed by atoms with Crippen LogP contribution in [0.4, 0.5) is 31.7 Å². The van der Waals surface area contributed by atoms with Crippen LogP contribution >= 0.6 is 28.0 Å². The number of hydrogen-bond donors (Lipinski definition) is 17. The zero-order chi connectivity index (χ0) is 78.5. The number of hydrazone groups is 1. The van der Waals surface area contributed by atoms with Crippen LogP contribution in [0.5, 0.6) is 11.5 Å². The van der Waals surface area contributed by atoms with Crippen molar-refractivity contribution in [2.75, 3.05) is 24.3 Å². The van der Waals surface area contributed by atoms with Crippen molar-refractivity contribution in [3.63, 3.8) is 0 Å². The van der Waals surface area contributed by atoms with E-state index in [4.69, 9.17) is 84.0 Å². The van der Waals surface area contributed by atoms with Gasteiger partial charge >= 0.3 is 0 Å². The Kier molecular flexibility index (Phi) is 37.6. The van der Waals surface area contributed by atoms with Crippen LogP contribution in [0.1, 0.15) is 83.5 Å². The van der Waals surface area contributed by atoms with Gasteiger partial charge in [-0.3, -0.25) is 26.3 Å². The molecule has 0 saturated heterocycles. The first-order valence-corrected chi connectivity index (χ1v) is 32.1. The average molecular weight is 1510 g/mol. The number of halogens is 3. The van der Waals surface area contributed by atoms with Crippen LogP contribution in [0, 0.1) is 100 Å². The maximum absolute atomic E-state index is 12.8. The van der Waals surface area contributed by atoms with Crippen molar-refractivity contribution < 1.29 is 43.3 Å². The van der Waals surface area contributed by atoms with Crippen molar-refractivity contribution in [3.8, 4) is 11.5 Å². The zero-order valence-electron chi connectivity index (χ0n) is 58.8. The topological polar surface area (TPSA) is 539 Å². The molecule has 0 radical (unpaired) electrons. The summed E-state index contributed by atoms with van der Waals surface area (Å²) < 4.78 is 30.4. The van der Waals surface area contributed by atoms with Crippen molar-refractivity contribution in [3.05, 3.63) is 292 Å². The normalized spacial score (nSPS) is 10.4. The van der Waals surface area contributed by atoms with E-state index in [1.807, 2.05) is 133 Å². The molecule has 0 bridgehead atoms. The predicted octanol–water partition coefficient (Wildman–Crippen LogP) is 12.2. The van der Waals surface area contributed by atoms with Gasteiger partial charge in [-0.25, -0.2) is 13.8 Å². The molecule has 0 saturated carbocycles. The number of nitro benzene ring substituents is 1. The Hall–Kier alpha value is -12.4. The SMILES string of the molecule is CON=C(N)c1cccc(C)c1.Cc1cc(C(=N)N)ccc1F.Cc1cc(C(=N)N)ccc1O.Cc1cc(N)cc(Br)c1[N+](=O)[O-].Cc1cc(N)ccc1SOON.Cc1cc2c(N)nccc2cc1O.Cc1ccc(F)c(C(=N)N)c1.Cc1cccc(C(N)=NN)c1.Cc1cccc(C(N)=NO)c1. The van der Waals surface area contributed by atoms with Crippen LogP contribution < -0.4 is 63.3 Å². The first kappa shape index (κ1) is 87.7. The largest absolute Gasteiger partial charge is 0.508 e. The van der Waals surface area contributed by atoms with Crippen LogP contribution in [-0.2, 0) is 14.2 Å². The molecule has 10 aromatic rings. The standard InChI is InChI=1S/C10H10N2O.C9H12N2O.2C8H9FN2.C8H11N3.2C8H10N2O.C7H7BrN2O2.C7H10N2O2S/c1-6-4-8-7(5-9(6)13)2-3-12-10(8)11;1-7-4-3-5-8(6-7)9(10)11-12-2;1-5-4-6(8(10)11)2-3-7(5)9;1-5-2-3-7(9)6(4-5)8(10)11;1-6-3-2-4-7(5-6)8(9)11-10;1-5-4-6(8(9)10)2-3-7(5)11;1-6-3-2-4-7(5-6)8(9)10-11;1-4-2-5(9)3-6(8)7(4)10(11)12;1-5-4-6(8)2-3-7(5)12-11-10-9/h2-5,13H,1H3,(H2,11,12);3-6H,1-2H3,(H2,10,11);2*2-4H,1H3,(H3,10,11);2-5H,10H2,1H3,(H2,9,11);2-4,11H,1H3,(H3,9,10);2-5,11H,1H3,(H2,9,10);2-3H,9H2,1H3;2-4H,8-9H2,1H3. The summed E-state index contributed by atoms with van der Waals surface area (Å²) in [5.41, 5.74) is 61.8. The summed E-state index contributed by atoms with van der Waals surface area (Å²) in [6, 6.07) is 50.6. The highest BCUT2D eigenvalue weighted by Gasteiger charge is 2.16. The molecule has 0 unspecified atom stereocenters. The maximum atomic E-state index is 12.8. The number of aromatic nitrogens is 1. The number of oxime groups is 2. The van der Waals surface area contributed by atoms with E-state index in [0.29, 0.717) is 49.9 Å². The van der Waals surface area contributed by atoms with Crippen LogP contribution in [0.2, 0.25) is 0 Å². The van der Waals surface area contributed by atoms with Crippen molar-refractivity contribution in [1.29, 1.82) is 16.2 Å². The van der Waals surface area contributed by atoms with Crippen molar-refractivity contribution in [1.82, 2.24) is 4.98 Å². The van der Waals surface area contributed by atoms with Crippen LogP contribution in [0.3, 0.4) is 0 Å². The van der Waals surface area contributed by atoms with Gasteiger partial charge in [0.1, 0.15) is 59.4 Å². The highest BCUT2D eigenvalue weighted by Crippen LogP contribution is 2.31. The number of hydrogen-bond acceptors (Lipinski definition) is 21. The number of aromatic hydroxyl groups is 2. The number of anilines is 3. The Labute approximate surface area is 614 Å². The van der Waals surface area contributed by atoms with Gasteiger partial charge in [0.2, 0.25) is 0 Å². The summed E-state index contributed by atoms with van der Waals surface area (Å²) in [7, 11) is 1.47. The summed E-state index contributed by atoms with van der Waals surface area (Å²) in [5.74, 6) is 10.7. The minimum Gasteiger partial charge on any atom is -0.508 e. The second kappa shape index (κ2) is 44.7. The summed E-state index contributed by atoms with van der Waals surface area (Å²) in [5, 5.41) is 70.3. The lowest BCUT2D eigenvalue weighted by Crippen LogP contribution is -2.15. The van der Waals surface area contributed by atoms with Crippen molar-refractivity contribution in [2.45, 2.75) is 67.2 Å². The number of pyridine rings is 1. The molecule has 0 spiro atoms. The lowest BCUT2D eigenvalue weighted by atomic mass is 10.1. The predicted molar refractivity (Wildman–Crippen MR) is 417 cm³/mol. The van der Waals surface area contributed by atoms with Crippen LogP contribution in [0.25, 0.3) is 10.8 Å². The third-order valence-corrected chi connectivity index (χ3v) is 15.1. The monoisotopic (exact) mass is 1510 g/mol. The van der Waals surface area contributed by atoms with Gasteiger partial charge in [0.25, 0.3) is 5.69 Å². The molecule has 31 heteroatoms. The van der Waals surface area contributed by atoms with E-state index in [-0.39, 0.29) is 51.9 Å². The molecule has 0 atom stereocenters. The van der Waals surface area contributed by atoms with Gasteiger partial charge in [0.15, 0.2) is 11.7 Å². The van der Waals surface area contributed by atoms with Crippen LogP contribution in [-0.4, -0.2) is 67.5 Å². The van der Waals surface area contributed by atoms with Gasteiger partial charge in [0.05, 0.1) is 27.0 Å². The van der Waals surface area contributed by atoms with E-state index in [9.17, 15) is 24.0 Å². The van der Waals surface area contributed by atoms with Gasteiger partial charge in [0, 0.05) is 61.2 Å². The molecular formula is C73H88BrF2N19O8S. The smallest absolute Gasteiger partial charge is 0.286 e.